The van der Waals surface area contributed by atoms with Gasteiger partial charge in [0.05, 0.1) is 49.6 Å². The van der Waals surface area contributed by atoms with Crippen molar-refractivity contribution in [2.75, 3.05) is 54.6 Å². The Labute approximate surface area is 386 Å². The van der Waals surface area contributed by atoms with Gasteiger partial charge in [-0.05, 0) is 72.8 Å². The second-order valence-corrected chi connectivity index (χ2v) is 15.5. The largest absolute Gasteiger partial charge is 0.467 e. The predicted octanol–water partition coefficient (Wildman–Crippen LogP) is 2.76. The second kappa shape index (κ2) is 20.1. The van der Waals surface area contributed by atoms with Crippen LogP contribution in [-0.2, 0) is 19.1 Å². The van der Waals surface area contributed by atoms with Gasteiger partial charge in [0.1, 0.15) is 0 Å². The molecule has 2 fully saturated rings. The molecule has 336 valence electrons. The minimum Gasteiger partial charge on any atom is -0.467 e. The maximum absolute atomic E-state index is 12.4. The number of halogens is 1. The Bertz CT molecular complexity index is 2900. The van der Waals surface area contributed by atoms with Gasteiger partial charge >= 0.3 is 24.0 Å². The van der Waals surface area contributed by atoms with E-state index in [4.69, 9.17) is 25.4 Å². The number of ether oxygens (including phenoxy) is 4. The average molecular weight is 999 g/mol. The molecule has 65 heavy (non-hydrogen) atoms. The molecule has 2 saturated heterocycles. The molecule has 0 bridgehead atoms. The van der Waals surface area contributed by atoms with Crippen LogP contribution in [-0.4, -0.2) is 149 Å². The smallest absolute Gasteiger partial charge is 0.359 e. The molecular weight excluding hydrogens is 955 g/mol. The molecule has 2 atom stereocenters. The van der Waals surface area contributed by atoms with Gasteiger partial charge in [-0.1, -0.05) is 29.9 Å². The number of aromatic nitrogens is 8. The lowest BCUT2D eigenvalue weighted by Crippen LogP contribution is -2.37. The van der Waals surface area contributed by atoms with E-state index >= 15 is 0 Å². The van der Waals surface area contributed by atoms with E-state index in [0.29, 0.717) is 52.8 Å². The van der Waals surface area contributed by atoms with Crippen molar-refractivity contribution in [1.29, 1.82) is 0 Å². The van der Waals surface area contributed by atoms with Crippen molar-refractivity contribution < 1.29 is 48.3 Å². The van der Waals surface area contributed by atoms with Crippen LogP contribution >= 0.6 is 22.6 Å². The van der Waals surface area contributed by atoms with Gasteiger partial charge in [0.15, 0.2) is 22.7 Å². The van der Waals surface area contributed by atoms with Crippen molar-refractivity contribution in [3.8, 4) is 47.6 Å². The number of hydrogen-bond acceptors (Lipinski definition) is 16. The molecule has 2 amide bonds. The van der Waals surface area contributed by atoms with E-state index in [1.165, 1.54) is 41.1 Å². The molecule has 2 aromatic carbocycles. The van der Waals surface area contributed by atoms with Gasteiger partial charge in [-0.15, -0.1) is 6.42 Å². The Balaban J connectivity index is 0.000000184. The number of carbonyl (C=O) groups is 4. The van der Waals surface area contributed by atoms with Crippen LogP contribution in [0.4, 0.5) is 0 Å². The summed E-state index contributed by atoms with van der Waals surface area (Å²) in [6, 6.07) is 15.0. The van der Waals surface area contributed by atoms with Crippen molar-refractivity contribution in [2.45, 2.75) is 37.9 Å². The zero-order valence-electron chi connectivity index (χ0n) is 36.1. The number of hydrogen-bond donors (Lipinski definition) is 2. The number of benzene rings is 2. The lowest BCUT2D eigenvalue weighted by Gasteiger charge is -2.13. The maximum Gasteiger partial charge on any atom is 0.359 e. The maximum atomic E-state index is 12.4. The zero-order valence-corrected chi connectivity index (χ0v) is 38.3. The Morgan fingerprint density at radius 3 is 1.66 bits per heavy atom. The van der Waals surface area contributed by atoms with Crippen molar-refractivity contribution in [3.63, 3.8) is 0 Å². The fourth-order valence-electron chi connectivity index (χ4n) is 6.49. The summed E-state index contributed by atoms with van der Waals surface area (Å²) in [5.74, 6) is 5.77. The fraction of sp³-hybridized carbons (Fsp3) is 0.318. The Hall–Kier alpha value is -7.21. The lowest BCUT2D eigenvalue weighted by molar-refractivity contribution is -0.138. The number of amides is 2. The summed E-state index contributed by atoms with van der Waals surface area (Å²) in [5, 5.41) is 29.5. The number of nitrogens with zero attached hydrogens (tertiary/aromatic N) is 10. The van der Waals surface area contributed by atoms with E-state index in [1.54, 1.807) is 56.9 Å². The van der Waals surface area contributed by atoms with Crippen LogP contribution in [0.1, 0.15) is 53.2 Å². The van der Waals surface area contributed by atoms with E-state index in [-0.39, 0.29) is 49.0 Å². The molecule has 0 saturated carbocycles. The molecule has 2 aliphatic rings. The summed E-state index contributed by atoms with van der Waals surface area (Å²) < 4.78 is 24.5. The summed E-state index contributed by atoms with van der Waals surface area (Å²) >= 11 is 2.21. The van der Waals surface area contributed by atoms with E-state index in [9.17, 15) is 29.4 Å². The number of fused-ring (bicyclic) bond motifs is 2. The van der Waals surface area contributed by atoms with Gasteiger partial charge in [-0.2, -0.15) is 20.2 Å². The first-order valence-corrected chi connectivity index (χ1v) is 20.9. The molecule has 4 aromatic heterocycles. The molecular formula is C44H43IN10O10. The number of aliphatic hydroxyl groups is 2. The molecule has 21 heteroatoms. The van der Waals surface area contributed by atoms with Gasteiger partial charge in [0, 0.05) is 61.6 Å². The van der Waals surface area contributed by atoms with Crippen LogP contribution in [0.25, 0.3) is 33.4 Å². The fourth-order valence-corrected chi connectivity index (χ4v) is 7.01. The number of likely N-dealkylation sites (N-methyl/N-ethyl adjacent to an activating group) is 2. The van der Waals surface area contributed by atoms with E-state index in [1.807, 2.05) is 24.3 Å². The summed E-state index contributed by atoms with van der Waals surface area (Å²) in [7, 11) is 6.18. The number of methoxy groups -OCH3 is 2. The highest BCUT2D eigenvalue weighted by Gasteiger charge is 2.43. The van der Waals surface area contributed by atoms with Gasteiger partial charge in [-0.25, -0.2) is 28.9 Å². The van der Waals surface area contributed by atoms with Gasteiger partial charge in [0.2, 0.25) is 11.2 Å². The molecule has 0 aliphatic carbocycles. The number of carbonyl (C=O) groups excluding carboxylic acids is 4. The van der Waals surface area contributed by atoms with E-state index in [2.05, 4.69) is 70.5 Å². The molecule has 0 spiro atoms. The summed E-state index contributed by atoms with van der Waals surface area (Å²) in [6.07, 6.45) is 8.54. The first kappa shape index (κ1) is 47.3. The molecule has 8 rings (SSSR count). The first-order chi connectivity index (χ1) is 31.1. The second-order valence-electron chi connectivity index (χ2n) is 14.2. The predicted molar refractivity (Wildman–Crippen MR) is 241 cm³/mol. The molecule has 2 N–H and O–H groups in total. The summed E-state index contributed by atoms with van der Waals surface area (Å²) in [4.78, 5) is 67.3. The van der Waals surface area contributed by atoms with Crippen LogP contribution in [0.3, 0.4) is 0 Å². The van der Waals surface area contributed by atoms with Crippen LogP contribution in [0, 0.1) is 27.8 Å². The standard InChI is InChI=1S/C22H21N5O5.C15H13IN4O3.C7H9NO2/c1-4-32-19(28)17-16-13-23-21(31-3)24-18(16)27(25-17)15-7-5-6-14(12-15)8-9-22(30)10-11-26(2)20(22)29;1-3-23-14(21)12-11-8-17-15(22-2)18-13(11)20(19-12)10-6-4-5-9(16)7-10;1-3-7(10)4-5-8(2)6(7)9/h5-7,12-13,30H,4,10-11H2,1-3H3;4-8H,3H2,1-2H3;1,10H,4-5H2,2H3/t22-;;7-/m0.0/s1. The van der Waals surface area contributed by atoms with E-state index < -0.39 is 29.0 Å². The third-order valence-electron chi connectivity index (χ3n) is 9.92. The van der Waals surface area contributed by atoms with Crippen molar-refractivity contribution in [3.05, 3.63) is 81.4 Å². The molecule has 0 radical (unpaired) electrons. The summed E-state index contributed by atoms with van der Waals surface area (Å²) in [6.45, 7) is 4.91. The highest BCUT2D eigenvalue weighted by Crippen LogP contribution is 2.26. The third-order valence-corrected chi connectivity index (χ3v) is 10.6. The molecule has 6 heterocycles. The monoisotopic (exact) mass is 998 g/mol. The quantitative estimate of drug-likeness (QED) is 0.127. The number of likely N-dealkylation sites (tertiary alicyclic amines) is 2. The van der Waals surface area contributed by atoms with E-state index in [0.717, 1.165) is 9.26 Å². The normalized spacial score (nSPS) is 17.6. The first-order valence-electron chi connectivity index (χ1n) is 19.9. The molecule has 2 aliphatic heterocycles. The van der Waals surface area contributed by atoms with Gasteiger partial charge in [0.25, 0.3) is 11.8 Å². The Kier molecular flexibility index (Phi) is 14.6. The lowest BCUT2D eigenvalue weighted by atomic mass is 10.0. The van der Waals surface area contributed by atoms with Crippen LogP contribution < -0.4 is 9.47 Å². The minimum atomic E-state index is -1.69. The van der Waals surface area contributed by atoms with Crippen molar-refractivity contribution in [2.24, 2.45) is 0 Å². The molecule has 20 nitrogen and oxygen atoms in total. The van der Waals surface area contributed by atoms with Crippen LogP contribution in [0.5, 0.6) is 12.0 Å². The SMILES string of the molecule is C#C[C@]1(O)CCN(C)C1=O.CCOC(=O)c1nn(-c2cccc(C#C[C@]3(O)CCN(C)C3=O)c2)c2nc(OC)ncc12.CCOC(=O)c1nn(-c2cccc(I)c2)c2nc(OC)ncc12. The zero-order chi connectivity index (χ0) is 47.1. The average Bonchev–Trinajstić information content (AvgIpc) is 4.04. The molecule has 6 aromatic rings. The van der Waals surface area contributed by atoms with Crippen molar-refractivity contribution >= 4 is 68.4 Å². The topological polar surface area (TPSA) is 239 Å². The highest BCUT2D eigenvalue weighted by atomic mass is 127. The highest BCUT2D eigenvalue weighted by molar-refractivity contribution is 14.1. The third kappa shape index (κ3) is 10.1. The Morgan fingerprint density at radius 1 is 0.769 bits per heavy atom. The molecule has 0 unspecified atom stereocenters. The number of rotatable bonds is 8. The minimum absolute atomic E-state index is 0.0786. The number of esters is 2. The Morgan fingerprint density at radius 2 is 1.25 bits per heavy atom. The van der Waals surface area contributed by atoms with Crippen LogP contribution in [0.15, 0.2) is 60.9 Å². The van der Waals surface area contributed by atoms with Gasteiger partial charge in [-0.3, -0.25) is 9.59 Å². The van der Waals surface area contributed by atoms with Crippen LogP contribution in [0.2, 0.25) is 0 Å². The van der Waals surface area contributed by atoms with Crippen molar-refractivity contribution in [1.82, 2.24) is 49.3 Å². The summed E-state index contributed by atoms with van der Waals surface area (Å²) in [5.41, 5.74) is -0.189. The number of terminal acetylenes is 1. The van der Waals surface area contributed by atoms with Gasteiger partial charge < -0.3 is 39.0 Å².